The standard InChI is InChI=1S/C15H23N3O4S/c1-3-22-14(19)7-10-4-5-17-13(6-10)15-12(16)8-11(9-18-15)23(2,20)21/h8-10,13,17H,3-7,16H2,1-2H3. The van der Waals surface area contributed by atoms with E-state index in [1.54, 1.807) is 6.92 Å². The Morgan fingerprint density at radius 3 is 2.87 bits per heavy atom. The van der Waals surface area contributed by atoms with Crippen molar-refractivity contribution >= 4 is 21.5 Å². The summed E-state index contributed by atoms with van der Waals surface area (Å²) in [5, 5.41) is 3.33. The number of hydrogen-bond acceptors (Lipinski definition) is 7. The Morgan fingerprint density at radius 1 is 1.52 bits per heavy atom. The highest BCUT2D eigenvalue weighted by atomic mass is 32.2. The predicted molar refractivity (Wildman–Crippen MR) is 86.5 cm³/mol. The van der Waals surface area contributed by atoms with Gasteiger partial charge in [0.2, 0.25) is 0 Å². The fourth-order valence-electron chi connectivity index (χ4n) is 2.81. The number of pyridine rings is 1. The van der Waals surface area contributed by atoms with Gasteiger partial charge in [-0.05, 0) is 38.3 Å². The van der Waals surface area contributed by atoms with Gasteiger partial charge in [-0.2, -0.15) is 0 Å². The second kappa shape index (κ2) is 7.27. The molecule has 0 aromatic carbocycles. The second-order valence-corrected chi connectivity index (χ2v) is 7.84. The molecule has 0 radical (unpaired) electrons. The van der Waals surface area contributed by atoms with Gasteiger partial charge in [-0.3, -0.25) is 9.78 Å². The highest BCUT2D eigenvalue weighted by molar-refractivity contribution is 7.90. The number of piperidine rings is 1. The van der Waals surface area contributed by atoms with E-state index in [1.807, 2.05) is 0 Å². The van der Waals surface area contributed by atoms with E-state index in [1.165, 1.54) is 12.3 Å². The minimum absolute atomic E-state index is 0.0863. The zero-order chi connectivity index (χ0) is 17.0. The molecular formula is C15H23N3O4S. The lowest BCUT2D eigenvalue weighted by Crippen LogP contribution is -2.34. The summed E-state index contributed by atoms with van der Waals surface area (Å²) in [4.78, 5) is 16.0. The fraction of sp³-hybridized carbons (Fsp3) is 0.600. The summed E-state index contributed by atoms with van der Waals surface area (Å²) in [6.45, 7) is 2.93. The lowest BCUT2D eigenvalue weighted by atomic mass is 9.88. The summed E-state index contributed by atoms with van der Waals surface area (Å²) in [5.74, 6) is 0.0163. The Balaban J connectivity index is 2.11. The maximum Gasteiger partial charge on any atom is 0.306 e. The molecule has 8 heteroatoms. The van der Waals surface area contributed by atoms with E-state index in [2.05, 4.69) is 10.3 Å². The quantitative estimate of drug-likeness (QED) is 0.770. The minimum atomic E-state index is -3.33. The van der Waals surface area contributed by atoms with Crippen LogP contribution in [0.5, 0.6) is 0 Å². The zero-order valence-electron chi connectivity index (χ0n) is 13.4. The Bertz CT molecular complexity index is 675. The number of hydrogen-bond donors (Lipinski definition) is 2. The van der Waals surface area contributed by atoms with Gasteiger partial charge in [-0.25, -0.2) is 8.42 Å². The van der Waals surface area contributed by atoms with Crippen molar-refractivity contribution in [3.05, 3.63) is 18.0 Å². The van der Waals surface area contributed by atoms with E-state index in [0.29, 0.717) is 30.8 Å². The first-order valence-corrected chi connectivity index (χ1v) is 9.55. The van der Waals surface area contributed by atoms with Crippen molar-refractivity contribution in [2.75, 3.05) is 25.1 Å². The third kappa shape index (κ3) is 4.65. The van der Waals surface area contributed by atoms with E-state index in [0.717, 1.165) is 19.2 Å². The van der Waals surface area contributed by atoms with Crippen molar-refractivity contribution in [2.24, 2.45) is 5.92 Å². The number of carbonyl (C=O) groups excluding carboxylic acids is 1. The maximum absolute atomic E-state index is 11.6. The van der Waals surface area contributed by atoms with E-state index in [9.17, 15) is 13.2 Å². The molecule has 2 heterocycles. The van der Waals surface area contributed by atoms with Gasteiger partial charge < -0.3 is 15.8 Å². The van der Waals surface area contributed by atoms with Gasteiger partial charge in [0.1, 0.15) is 0 Å². The third-order valence-corrected chi connectivity index (χ3v) is 5.04. The van der Waals surface area contributed by atoms with Crippen LogP contribution in [0.4, 0.5) is 5.69 Å². The Kier molecular flexibility index (Phi) is 5.59. The molecule has 3 N–H and O–H groups in total. The molecule has 2 unspecified atom stereocenters. The van der Waals surface area contributed by atoms with E-state index >= 15 is 0 Å². The summed E-state index contributed by atoms with van der Waals surface area (Å²) < 4.78 is 28.1. The Morgan fingerprint density at radius 2 is 2.26 bits per heavy atom. The average molecular weight is 341 g/mol. The normalized spacial score (nSPS) is 21.8. The van der Waals surface area contributed by atoms with Gasteiger partial charge in [-0.1, -0.05) is 0 Å². The van der Waals surface area contributed by atoms with Gasteiger partial charge in [0, 0.05) is 18.9 Å². The zero-order valence-corrected chi connectivity index (χ0v) is 14.2. The molecule has 23 heavy (non-hydrogen) atoms. The SMILES string of the molecule is CCOC(=O)CC1CCNC(c2ncc(S(C)(=O)=O)cc2N)C1. The molecular weight excluding hydrogens is 318 g/mol. The van der Waals surface area contributed by atoms with Crippen molar-refractivity contribution in [1.82, 2.24) is 10.3 Å². The number of nitrogens with zero attached hydrogens (tertiary/aromatic N) is 1. The fourth-order valence-corrected chi connectivity index (χ4v) is 3.40. The van der Waals surface area contributed by atoms with Crippen LogP contribution in [0.15, 0.2) is 17.2 Å². The van der Waals surface area contributed by atoms with Gasteiger partial charge >= 0.3 is 5.97 Å². The summed E-state index contributed by atoms with van der Waals surface area (Å²) >= 11 is 0. The van der Waals surface area contributed by atoms with Crippen molar-refractivity contribution in [2.45, 2.75) is 37.1 Å². The smallest absolute Gasteiger partial charge is 0.306 e. The number of anilines is 1. The van der Waals surface area contributed by atoms with Crippen molar-refractivity contribution < 1.29 is 17.9 Å². The van der Waals surface area contributed by atoms with Crippen molar-refractivity contribution in [3.63, 3.8) is 0 Å². The van der Waals surface area contributed by atoms with Crippen LogP contribution in [0.25, 0.3) is 0 Å². The highest BCUT2D eigenvalue weighted by Gasteiger charge is 2.27. The molecule has 0 bridgehead atoms. The number of esters is 1. The molecule has 2 atom stereocenters. The van der Waals surface area contributed by atoms with Gasteiger partial charge in [0.15, 0.2) is 9.84 Å². The highest BCUT2D eigenvalue weighted by Crippen LogP contribution is 2.31. The second-order valence-electron chi connectivity index (χ2n) is 5.82. The lowest BCUT2D eigenvalue weighted by Gasteiger charge is -2.30. The number of ether oxygens (including phenoxy) is 1. The van der Waals surface area contributed by atoms with Crippen LogP contribution in [-0.2, 0) is 19.4 Å². The average Bonchev–Trinajstić information content (AvgIpc) is 2.46. The number of aromatic nitrogens is 1. The maximum atomic E-state index is 11.6. The van der Waals surface area contributed by atoms with Crippen LogP contribution in [0, 0.1) is 5.92 Å². The molecule has 0 aliphatic carbocycles. The van der Waals surface area contributed by atoms with Crippen LogP contribution < -0.4 is 11.1 Å². The van der Waals surface area contributed by atoms with Crippen LogP contribution in [-0.4, -0.2) is 38.8 Å². The molecule has 1 aromatic rings. The lowest BCUT2D eigenvalue weighted by molar-refractivity contribution is -0.144. The van der Waals surface area contributed by atoms with Gasteiger partial charge in [0.25, 0.3) is 0 Å². The van der Waals surface area contributed by atoms with Gasteiger partial charge in [0.05, 0.1) is 28.9 Å². The first-order chi connectivity index (χ1) is 10.8. The molecule has 2 rings (SSSR count). The third-order valence-electron chi connectivity index (χ3n) is 3.96. The number of nitrogens with two attached hydrogens (primary N) is 1. The van der Waals surface area contributed by atoms with Crippen LogP contribution in [0.2, 0.25) is 0 Å². The number of nitrogen functional groups attached to an aromatic ring is 1. The summed E-state index contributed by atoms with van der Waals surface area (Å²) in [6, 6.07) is 1.35. The summed E-state index contributed by atoms with van der Waals surface area (Å²) in [6.07, 6.45) is 4.44. The molecule has 1 aliphatic heterocycles. The monoisotopic (exact) mass is 341 g/mol. The Hall–Kier alpha value is -1.67. The molecule has 1 saturated heterocycles. The van der Waals surface area contributed by atoms with Crippen LogP contribution in [0.1, 0.15) is 37.9 Å². The van der Waals surface area contributed by atoms with Crippen molar-refractivity contribution in [3.8, 4) is 0 Å². The number of carbonyl (C=O) groups is 1. The number of sulfone groups is 1. The van der Waals surface area contributed by atoms with Crippen molar-refractivity contribution in [1.29, 1.82) is 0 Å². The molecule has 128 valence electrons. The molecule has 1 fully saturated rings. The first kappa shape index (κ1) is 17.7. The van der Waals surface area contributed by atoms with E-state index in [4.69, 9.17) is 10.5 Å². The Labute approximate surface area is 136 Å². The topological polar surface area (TPSA) is 111 Å². The summed E-state index contributed by atoms with van der Waals surface area (Å²) in [7, 11) is -3.33. The first-order valence-electron chi connectivity index (χ1n) is 7.65. The van der Waals surface area contributed by atoms with Gasteiger partial charge in [-0.15, -0.1) is 0 Å². The molecule has 1 aliphatic rings. The summed E-state index contributed by atoms with van der Waals surface area (Å²) in [5.41, 5.74) is 6.96. The molecule has 0 amide bonds. The molecule has 0 saturated carbocycles. The number of nitrogens with one attached hydrogen (secondary N) is 1. The molecule has 7 nitrogen and oxygen atoms in total. The van der Waals surface area contributed by atoms with Crippen LogP contribution in [0.3, 0.4) is 0 Å². The minimum Gasteiger partial charge on any atom is -0.466 e. The predicted octanol–water partition coefficient (Wildman–Crippen LogP) is 1.06. The van der Waals surface area contributed by atoms with E-state index < -0.39 is 9.84 Å². The number of rotatable bonds is 5. The largest absolute Gasteiger partial charge is 0.466 e. The molecule has 0 spiro atoms. The van der Waals surface area contributed by atoms with Crippen LogP contribution >= 0.6 is 0 Å². The molecule has 1 aromatic heterocycles. The van der Waals surface area contributed by atoms with E-state index in [-0.39, 0.29) is 22.8 Å².